The van der Waals surface area contributed by atoms with Crippen LogP contribution in [-0.4, -0.2) is 9.55 Å². The van der Waals surface area contributed by atoms with Crippen molar-refractivity contribution in [3.63, 3.8) is 0 Å². The van der Waals surface area contributed by atoms with Gasteiger partial charge in [-0.1, -0.05) is 196 Å². The zero-order chi connectivity index (χ0) is 50.9. The predicted molar refractivity (Wildman–Crippen MR) is 304 cm³/mol. The minimum atomic E-state index is -0.292. The first-order valence-electron chi connectivity index (χ1n) is 25.5. The van der Waals surface area contributed by atoms with Crippen LogP contribution in [0.1, 0.15) is 103 Å². The SMILES string of the molecule is CC(C)(C)c1ccc2c(c1)N(c1cc(C(C)(C)c3ccccc3)cc(C(C)(C)c3ccccc3)c1)[CH-]N2c1[c-]c(Oc2[c-]c3c(cc2)c2cc(C(C)(C)C)ccc2n3-c2ccccn2)cc(-c2ccccc2)c1.[Pt]. The summed E-state index contributed by atoms with van der Waals surface area (Å²) in [6, 6.07) is 75.2. The molecular formula is C68H63N4OPt-3. The molecule has 6 heteroatoms. The second-order valence-electron chi connectivity index (χ2n) is 22.7. The predicted octanol–water partition coefficient (Wildman–Crippen LogP) is 17.9. The van der Waals surface area contributed by atoms with Gasteiger partial charge in [0.05, 0.1) is 0 Å². The van der Waals surface area contributed by atoms with E-state index in [1.54, 1.807) is 0 Å². The molecule has 0 amide bonds. The molecule has 0 saturated heterocycles. The fraction of sp³-hybridized carbons (Fsp3) is 0.206. The molecule has 1 aliphatic heterocycles. The van der Waals surface area contributed by atoms with Crippen molar-refractivity contribution in [1.29, 1.82) is 0 Å². The summed E-state index contributed by atoms with van der Waals surface area (Å²) in [6.45, 7) is 25.2. The van der Waals surface area contributed by atoms with Crippen LogP contribution in [0.15, 0.2) is 194 Å². The summed E-state index contributed by atoms with van der Waals surface area (Å²) in [5.41, 5.74) is 15.0. The van der Waals surface area contributed by atoms with Gasteiger partial charge >= 0.3 is 0 Å². The fourth-order valence-corrected chi connectivity index (χ4v) is 10.3. The van der Waals surface area contributed by atoms with Crippen LogP contribution in [-0.2, 0) is 42.7 Å². The molecule has 0 spiro atoms. The Bertz CT molecular complexity index is 3570. The van der Waals surface area contributed by atoms with Crippen molar-refractivity contribution in [3.05, 3.63) is 246 Å². The van der Waals surface area contributed by atoms with Crippen LogP contribution in [0.4, 0.5) is 22.7 Å². The topological polar surface area (TPSA) is 33.5 Å². The largest absolute Gasteiger partial charge is 0.509 e. The first-order chi connectivity index (χ1) is 34.9. The number of nitrogens with zero attached hydrogens (tertiary/aromatic N) is 4. The van der Waals surface area contributed by atoms with E-state index in [2.05, 4.69) is 266 Å². The van der Waals surface area contributed by atoms with Crippen molar-refractivity contribution in [2.24, 2.45) is 0 Å². The average molecular weight is 1150 g/mol. The van der Waals surface area contributed by atoms with Crippen LogP contribution in [0, 0.1) is 18.8 Å². The van der Waals surface area contributed by atoms with Crippen LogP contribution in [0.2, 0.25) is 0 Å². The third-order valence-electron chi connectivity index (χ3n) is 15.0. The van der Waals surface area contributed by atoms with Gasteiger partial charge in [0.1, 0.15) is 5.82 Å². The van der Waals surface area contributed by atoms with Crippen molar-refractivity contribution in [3.8, 4) is 28.4 Å². The monoisotopic (exact) mass is 1150 g/mol. The Balaban J connectivity index is 0.00000626. The van der Waals surface area contributed by atoms with E-state index in [4.69, 9.17) is 9.72 Å². The maximum atomic E-state index is 6.97. The molecule has 8 aromatic carbocycles. The molecule has 374 valence electrons. The van der Waals surface area contributed by atoms with Gasteiger partial charge in [-0.2, -0.15) is 6.07 Å². The molecule has 0 radical (unpaired) electrons. The number of fused-ring (bicyclic) bond motifs is 4. The Morgan fingerprint density at radius 1 is 0.446 bits per heavy atom. The Morgan fingerprint density at radius 2 is 1.04 bits per heavy atom. The molecule has 0 unspecified atom stereocenters. The van der Waals surface area contributed by atoms with Crippen molar-refractivity contribution < 1.29 is 25.8 Å². The zero-order valence-corrected chi connectivity index (χ0v) is 46.3. The van der Waals surface area contributed by atoms with E-state index >= 15 is 0 Å². The molecule has 0 bridgehead atoms. The molecule has 0 fully saturated rings. The van der Waals surface area contributed by atoms with E-state index in [1.807, 2.05) is 30.5 Å². The summed E-state index contributed by atoms with van der Waals surface area (Å²) in [4.78, 5) is 9.47. The van der Waals surface area contributed by atoms with Gasteiger partial charge in [-0.25, -0.2) is 4.98 Å². The summed E-state index contributed by atoms with van der Waals surface area (Å²) < 4.78 is 9.16. The first-order valence-corrected chi connectivity index (χ1v) is 25.5. The molecule has 0 saturated carbocycles. The van der Waals surface area contributed by atoms with Crippen LogP contribution >= 0.6 is 0 Å². The molecule has 74 heavy (non-hydrogen) atoms. The van der Waals surface area contributed by atoms with Gasteiger partial charge in [-0.05, 0) is 97.6 Å². The van der Waals surface area contributed by atoms with Crippen molar-refractivity contribution in [1.82, 2.24) is 9.55 Å². The summed E-state index contributed by atoms with van der Waals surface area (Å²) >= 11 is 0. The van der Waals surface area contributed by atoms with Gasteiger partial charge < -0.3 is 19.1 Å². The van der Waals surface area contributed by atoms with Crippen LogP contribution < -0.4 is 14.5 Å². The molecular weight excluding hydrogens is 1080 g/mol. The minimum absolute atomic E-state index is 0. The number of pyridine rings is 1. The number of anilines is 4. The maximum absolute atomic E-state index is 6.97. The molecule has 2 aromatic heterocycles. The molecule has 0 aliphatic carbocycles. The Kier molecular flexibility index (Phi) is 13.1. The Hall–Kier alpha value is -7.20. The molecule has 10 aromatic rings. The summed E-state index contributed by atoms with van der Waals surface area (Å²) in [7, 11) is 0. The Morgan fingerprint density at radius 3 is 1.65 bits per heavy atom. The second-order valence-corrected chi connectivity index (χ2v) is 22.7. The molecule has 1 aliphatic rings. The van der Waals surface area contributed by atoms with Gasteiger partial charge in [0, 0.05) is 72.2 Å². The first kappa shape index (κ1) is 50.3. The molecule has 0 atom stereocenters. The van der Waals surface area contributed by atoms with Crippen LogP contribution in [0.25, 0.3) is 38.8 Å². The number of rotatable bonds is 10. The summed E-state index contributed by atoms with van der Waals surface area (Å²) in [5, 5.41) is 2.24. The van der Waals surface area contributed by atoms with E-state index in [0.29, 0.717) is 11.5 Å². The fourth-order valence-electron chi connectivity index (χ4n) is 10.3. The van der Waals surface area contributed by atoms with Gasteiger partial charge in [-0.3, -0.25) is 0 Å². The minimum Gasteiger partial charge on any atom is -0.509 e. The number of hydrogen-bond donors (Lipinski definition) is 0. The van der Waals surface area contributed by atoms with Gasteiger partial charge in [0.25, 0.3) is 0 Å². The third kappa shape index (κ3) is 9.37. The van der Waals surface area contributed by atoms with Gasteiger partial charge in [0.2, 0.25) is 0 Å². The van der Waals surface area contributed by atoms with E-state index < -0.39 is 0 Å². The molecule has 11 rings (SSSR count). The maximum Gasteiger partial charge on any atom is 0.135 e. The van der Waals surface area contributed by atoms with E-state index in [0.717, 1.165) is 61.5 Å². The van der Waals surface area contributed by atoms with Crippen molar-refractivity contribution in [2.75, 3.05) is 9.80 Å². The van der Waals surface area contributed by atoms with Crippen molar-refractivity contribution in [2.45, 2.75) is 90.9 Å². The number of aromatic nitrogens is 2. The zero-order valence-electron chi connectivity index (χ0n) is 44.1. The Labute approximate surface area is 452 Å². The quantitative estimate of drug-likeness (QED) is 0.128. The molecule has 5 nitrogen and oxygen atoms in total. The van der Waals surface area contributed by atoms with E-state index in [1.165, 1.54) is 33.4 Å². The molecule has 3 heterocycles. The van der Waals surface area contributed by atoms with Gasteiger partial charge in [0.15, 0.2) is 0 Å². The van der Waals surface area contributed by atoms with E-state index in [9.17, 15) is 0 Å². The third-order valence-corrected chi connectivity index (χ3v) is 15.0. The number of benzene rings is 8. The average Bonchev–Trinajstić information content (AvgIpc) is 3.94. The van der Waals surface area contributed by atoms with Crippen molar-refractivity contribution >= 4 is 44.6 Å². The molecule has 0 N–H and O–H groups in total. The summed E-state index contributed by atoms with van der Waals surface area (Å²) in [5.74, 6) is 2.00. The number of ether oxygens (including phenoxy) is 1. The van der Waals surface area contributed by atoms with Crippen LogP contribution in [0.5, 0.6) is 11.5 Å². The summed E-state index contributed by atoms with van der Waals surface area (Å²) in [6.07, 6.45) is 1.84. The van der Waals surface area contributed by atoms with Crippen LogP contribution in [0.3, 0.4) is 0 Å². The standard InChI is InChI=1S/C68H63N4O.Pt/c1-65(2,3)50-29-33-60-59(41-50)58-32-31-56(44-62(58)72(60)64-28-20-21-35-69-64)73-57-37-47(46-22-14-11-15-23-46)36-54(43-57)70-45-71(63-42-51(66(4,5)6)30-34-61(63)70)55-39-52(67(7,8)48-24-16-12-17-25-48)38-53(40-55)68(9,10)49-26-18-13-19-27-49;/h11-42,45H,1-10H3;/q-3;. The second kappa shape index (κ2) is 19.3. The smallest absolute Gasteiger partial charge is 0.135 e. The van der Waals surface area contributed by atoms with E-state index in [-0.39, 0.29) is 42.7 Å². The number of hydrogen-bond acceptors (Lipinski definition) is 4. The van der Waals surface area contributed by atoms with Gasteiger partial charge in [-0.15, -0.1) is 53.6 Å². The normalized spacial score (nSPS) is 13.1.